The van der Waals surface area contributed by atoms with Crippen LogP contribution in [0.15, 0.2) is 36.4 Å². The number of carbonyl (C=O) groups excluding carboxylic acids is 1. The highest BCUT2D eigenvalue weighted by Crippen LogP contribution is 2.30. The molecule has 5 nitrogen and oxygen atoms in total. The predicted molar refractivity (Wildman–Crippen MR) is 103 cm³/mol. The summed E-state index contributed by atoms with van der Waals surface area (Å²) < 4.78 is 5.89. The van der Waals surface area contributed by atoms with Crippen molar-refractivity contribution in [2.45, 2.75) is 45.2 Å². The fraction of sp³-hybridized carbons (Fsp3) is 0.381. The normalized spacial score (nSPS) is 18.6. The molecule has 1 aliphatic heterocycles. The number of carbonyl (C=O) groups is 1. The second kappa shape index (κ2) is 7.00. The Hall–Kier alpha value is -2.53. The van der Waals surface area contributed by atoms with Gasteiger partial charge < -0.3 is 10.1 Å². The molecule has 1 amide bonds. The fourth-order valence-corrected chi connectivity index (χ4v) is 3.51. The molecule has 1 heterocycles. The van der Waals surface area contributed by atoms with E-state index in [0.717, 1.165) is 34.5 Å². The molecule has 0 bridgehead atoms. The Balaban J connectivity index is 1.49. The molecular formula is C21H25N3O2. The first-order valence-corrected chi connectivity index (χ1v) is 9.25. The van der Waals surface area contributed by atoms with Crippen LogP contribution < -0.4 is 20.9 Å². The van der Waals surface area contributed by atoms with Crippen molar-refractivity contribution >= 4 is 11.6 Å². The number of nitrogens with one attached hydrogen (secondary N) is 3. The van der Waals surface area contributed by atoms with Crippen LogP contribution in [0.25, 0.3) is 0 Å². The van der Waals surface area contributed by atoms with Crippen molar-refractivity contribution in [3.05, 3.63) is 58.7 Å². The van der Waals surface area contributed by atoms with Gasteiger partial charge in [0.2, 0.25) is 0 Å². The molecule has 1 saturated carbocycles. The number of benzene rings is 2. The first-order chi connectivity index (χ1) is 12.6. The number of rotatable bonds is 5. The topological polar surface area (TPSA) is 62.4 Å². The van der Waals surface area contributed by atoms with Gasteiger partial charge in [0.05, 0.1) is 5.69 Å². The van der Waals surface area contributed by atoms with Crippen LogP contribution in [0.2, 0.25) is 0 Å². The average Bonchev–Trinajstić information content (AvgIpc) is 3.44. The quantitative estimate of drug-likeness (QED) is 0.725. The van der Waals surface area contributed by atoms with Gasteiger partial charge in [0.25, 0.3) is 5.91 Å². The number of ether oxygens (including phenoxy) is 1. The molecule has 2 aliphatic rings. The molecule has 0 aromatic heterocycles. The summed E-state index contributed by atoms with van der Waals surface area (Å²) in [6.45, 7) is 4.71. The highest BCUT2D eigenvalue weighted by Gasteiger charge is 2.29. The van der Waals surface area contributed by atoms with Gasteiger partial charge in [0.1, 0.15) is 12.4 Å². The number of hydrogen-bond donors (Lipinski definition) is 3. The second-order valence-corrected chi connectivity index (χ2v) is 7.28. The van der Waals surface area contributed by atoms with Gasteiger partial charge in [0.15, 0.2) is 0 Å². The van der Waals surface area contributed by atoms with Crippen LogP contribution in [0.1, 0.15) is 39.9 Å². The van der Waals surface area contributed by atoms with Crippen LogP contribution in [0.4, 0.5) is 5.69 Å². The number of anilines is 1. The highest BCUT2D eigenvalue weighted by molar-refractivity contribution is 5.97. The molecule has 136 valence electrons. The fourth-order valence-electron chi connectivity index (χ4n) is 3.51. The Morgan fingerprint density at radius 1 is 1.04 bits per heavy atom. The summed E-state index contributed by atoms with van der Waals surface area (Å²) >= 11 is 0. The van der Waals surface area contributed by atoms with E-state index in [1.54, 1.807) is 0 Å². The van der Waals surface area contributed by atoms with Crippen LogP contribution in [-0.4, -0.2) is 24.6 Å². The Kier molecular flexibility index (Phi) is 4.55. The minimum atomic E-state index is -0.139. The van der Waals surface area contributed by atoms with Crippen molar-refractivity contribution in [3.63, 3.8) is 0 Å². The summed E-state index contributed by atoms with van der Waals surface area (Å²) in [7, 11) is 0. The molecule has 2 aromatic carbocycles. The van der Waals surface area contributed by atoms with E-state index in [2.05, 4.69) is 16.2 Å². The lowest BCUT2D eigenvalue weighted by Crippen LogP contribution is -2.41. The third-order valence-corrected chi connectivity index (χ3v) is 5.10. The Labute approximate surface area is 154 Å². The van der Waals surface area contributed by atoms with Crippen molar-refractivity contribution in [2.75, 3.05) is 12.0 Å². The van der Waals surface area contributed by atoms with Crippen molar-refractivity contribution in [1.82, 2.24) is 10.7 Å². The zero-order valence-electron chi connectivity index (χ0n) is 15.3. The Bertz CT molecular complexity index is 810. The number of amides is 1. The van der Waals surface area contributed by atoms with Crippen LogP contribution in [0.5, 0.6) is 5.75 Å². The summed E-state index contributed by atoms with van der Waals surface area (Å²) in [5.41, 5.74) is 10.7. The maximum absolute atomic E-state index is 12.8. The number of aryl methyl sites for hydroxylation is 2. The summed E-state index contributed by atoms with van der Waals surface area (Å²) in [5, 5.41) is 3.60. The summed E-state index contributed by atoms with van der Waals surface area (Å²) in [6, 6.07) is 12.6. The molecule has 1 atom stereocenters. The molecule has 1 aliphatic carbocycles. The number of hydrazine groups is 1. The zero-order chi connectivity index (χ0) is 18.1. The summed E-state index contributed by atoms with van der Waals surface area (Å²) in [5.74, 6) is 0.679. The van der Waals surface area contributed by atoms with Crippen molar-refractivity contribution in [2.24, 2.45) is 0 Å². The maximum atomic E-state index is 12.8. The predicted octanol–water partition coefficient (Wildman–Crippen LogP) is 3.12. The van der Waals surface area contributed by atoms with Gasteiger partial charge in [-0.25, -0.2) is 0 Å². The van der Waals surface area contributed by atoms with E-state index in [4.69, 9.17) is 4.74 Å². The molecule has 2 aromatic rings. The van der Waals surface area contributed by atoms with Crippen LogP contribution in [0.3, 0.4) is 0 Å². The molecular weight excluding hydrogens is 326 g/mol. The molecule has 4 rings (SSSR count). The van der Waals surface area contributed by atoms with Crippen molar-refractivity contribution in [3.8, 4) is 5.75 Å². The summed E-state index contributed by atoms with van der Waals surface area (Å²) in [6.07, 6.45) is 3.30. The van der Waals surface area contributed by atoms with Gasteiger partial charge in [-0.15, -0.1) is 0 Å². The molecule has 0 radical (unpaired) electrons. The number of para-hydroxylation sites is 1. The van der Waals surface area contributed by atoms with E-state index >= 15 is 0 Å². The third kappa shape index (κ3) is 3.53. The van der Waals surface area contributed by atoms with Crippen LogP contribution >= 0.6 is 0 Å². The van der Waals surface area contributed by atoms with Crippen LogP contribution in [0, 0.1) is 13.8 Å². The Morgan fingerprint density at radius 3 is 2.50 bits per heavy atom. The van der Waals surface area contributed by atoms with E-state index in [9.17, 15) is 4.79 Å². The highest BCUT2D eigenvalue weighted by atomic mass is 16.5. The zero-order valence-corrected chi connectivity index (χ0v) is 15.3. The minimum absolute atomic E-state index is 0.139. The lowest BCUT2D eigenvalue weighted by Gasteiger charge is -2.27. The van der Waals surface area contributed by atoms with E-state index in [0.29, 0.717) is 18.2 Å². The smallest absolute Gasteiger partial charge is 0.270 e. The maximum Gasteiger partial charge on any atom is 0.270 e. The molecule has 3 N–H and O–H groups in total. The largest absolute Gasteiger partial charge is 0.492 e. The molecule has 0 saturated heterocycles. The lowest BCUT2D eigenvalue weighted by molar-refractivity contribution is 0.0960. The SMILES string of the molecule is Cc1cccc(C)c1NNC(=O)c1cccc2c1CC(NC1CC1)CO2. The van der Waals surface area contributed by atoms with Gasteiger partial charge in [-0.05, 0) is 56.4 Å². The first-order valence-electron chi connectivity index (χ1n) is 9.25. The van der Waals surface area contributed by atoms with Gasteiger partial charge in [-0.3, -0.25) is 15.6 Å². The van der Waals surface area contributed by atoms with Gasteiger partial charge in [0, 0.05) is 23.2 Å². The third-order valence-electron chi connectivity index (χ3n) is 5.10. The molecule has 26 heavy (non-hydrogen) atoms. The molecule has 5 heteroatoms. The standard InChI is InChI=1S/C21H25N3O2/c1-13-5-3-6-14(2)20(13)23-24-21(25)17-7-4-8-19-18(17)11-16(12-26-19)22-15-9-10-15/h3-8,15-16,22-23H,9-12H2,1-2H3,(H,24,25). The van der Waals surface area contributed by atoms with Gasteiger partial charge >= 0.3 is 0 Å². The van der Waals surface area contributed by atoms with Gasteiger partial charge in [-0.2, -0.15) is 0 Å². The Morgan fingerprint density at radius 2 is 1.77 bits per heavy atom. The monoisotopic (exact) mass is 351 g/mol. The average molecular weight is 351 g/mol. The van der Waals surface area contributed by atoms with Gasteiger partial charge in [-0.1, -0.05) is 24.3 Å². The number of fused-ring (bicyclic) bond motifs is 1. The molecule has 1 unspecified atom stereocenters. The summed E-state index contributed by atoms with van der Waals surface area (Å²) in [4.78, 5) is 12.8. The lowest BCUT2D eigenvalue weighted by atomic mass is 9.96. The van der Waals surface area contributed by atoms with Crippen LogP contribution in [-0.2, 0) is 6.42 Å². The molecule has 1 fully saturated rings. The van der Waals surface area contributed by atoms with Crippen molar-refractivity contribution < 1.29 is 9.53 Å². The number of hydrogen-bond acceptors (Lipinski definition) is 4. The van der Waals surface area contributed by atoms with E-state index < -0.39 is 0 Å². The van der Waals surface area contributed by atoms with E-state index in [-0.39, 0.29) is 11.9 Å². The first kappa shape index (κ1) is 16.9. The van der Waals surface area contributed by atoms with Crippen molar-refractivity contribution in [1.29, 1.82) is 0 Å². The molecule has 0 spiro atoms. The van der Waals surface area contributed by atoms with E-state index in [1.165, 1.54) is 12.8 Å². The second-order valence-electron chi connectivity index (χ2n) is 7.28. The van der Waals surface area contributed by atoms with E-state index in [1.807, 2.05) is 50.2 Å². The minimum Gasteiger partial charge on any atom is -0.492 e.